The van der Waals surface area contributed by atoms with E-state index in [4.69, 9.17) is 44.9 Å². The third-order valence-corrected chi connectivity index (χ3v) is 25.0. The van der Waals surface area contributed by atoms with Crippen molar-refractivity contribution in [2.24, 2.45) is 31.4 Å². The summed E-state index contributed by atoms with van der Waals surface area (Å²) in [5.74, 6) is 1.28. The van der Waals surface area contributed by atoms with Crippen molar-refractivity contribution in [3.8, 4) is 11.5 Å². The number of aliphatic imine (C=N–C) groups is 1. The smallest absolute Gasteiger partial charge is 0.357 e. The number of ether oxygens (including phenoxy) is 2. The molecule has 6 N–H and O–H groups in total. The number of anilines is 5. The number of thiazole rings is 2. The Bertz CT molecular complexity index is 5000. The molecule has 31 heteroatoms. The van der Waals surface area contributed by atoms with Crippen LogP contribution in [0.1, 0.15) is 170 Å². The van der Waals surface area contributed by atoms with Crippen molar-refractivity contribution >= 4 is 152 Å². The normalized spacial score (nSPS) is 17.4. The number of Topliss-reactive ketones (excluding diaryl/α,β-unsaturated/α-hetero) is 1. The van der Waals surface area contributed by atoms with E-state index < -0.39 is 59.0 Å². The monoisotopic (exact) mass is 1610 g/mol. The van der Waals surface area contributed by atoms with Gasteiger partial charge in [-0.3, -0.25) is 28.5 Å². The van der Waals surface area contributed by atoms with Crippen molar-refractivity contribution in [2.75, 3.05) is 79.2 Å². The van der Waals surface area contributed by atoms with E-state index in [9.17, 15) is 45.1 Å². The molecular formula is C80H97N14O12S5+. The van der Waals surface area contributed by atoms with Gasteiger partial charge in [-0.05, 0) is 193 Å². The van der Waals surface area contributed by atoms with Crippen LogP contribution in [0.25, 0.3) is 12.2 Å². The number of hydrogen-bond donors (Lipinski definition) is 6. The number of allylic oxidation sites excluding steroid dienone is 1. The number of hydrogen-bond acceptors (Lipinski definition) is 24. The molecule has 2 aromatic heterocycles. The maximum absolute atomic E-state index is 14.7. The number of nitrogens with zero attached hydrogens (tertiary/aromatic N) is 10. The van der Waals surface area contributed by atoms with Gasteiger partial charge in [-0.25, -0.2) is 9.28 Å². The van der Waals surface area contributed by atoms with Crippen LogP contribution in [0.15, 0.2) is 161 Å². The molecule has 0 radical (unpaired) electrons. The summed E-state index contributed by atoms with van der Waals surface area (Å²) in [6, 6.07) is 28.7. The second-order valence-electron chi connectivity index (χ2n) is 28.0. The number of methoxy groups -OCH3 is 2. The average Bonchev–Trinajstić information content (AvgIpc) is 1.67. The van der Waals surface area contributed by atoms with E-state index in [2.05, 4.69) is 103 Å². The van der Waals surface area contributed by atoms with Crippen molar-refractivity contribution in [1.29, 1.82) is 0 Å². The molecule has 4 atom stereocenters. The van der Waals surface area contributed by atoms with E-state index in [0.717, 1.165) is 118 Å². The number of aromatic nitrogens is 2. The Morgan fingerprint density at radius 3 is 2.06 bits per heavy atom. The van der Waals surface area contributed by atoms with Crippen molar-refractivity contribution in [3.05, 3.63) is 153 Å². The maximum Gasteiger partial charge on any atom is 0.357 e. The van der Waals surface area contributed by atoms with Crippen LogP contribution < -0.4 is 45.0 Å². The van der Waals surface area contributed by atoms with Gasteiger partial charge in [-0.2, -0.15) is 26.8 Å². The molecule has 111 heavy (non-hydrogen) atoms. The minimum absolute atomic E-state index is 0.0139. The van der Waals surface area contributed by atoms with E-state index >= 15 is 0 Å². The zero-order valence-electron chi connectivity index (χ0n) is 64.0. The lowest BCUT2D eigenvalue weighted by molar-refractivity contribution is -0.129. The largest absolute Gasteiger partial charge is 0.496 e. The SMILES string of the molecule is CCCCC(CC)c1cc(NC2=CCC(C)C(CCC(C)c3cc(N(CC)CC)c(OC)cc3N=Nc3nc4c(s3)C=C(C(=O)Nc3cccc(S(=O)(=O)O)c3)C(=O)[N+]43CCCCC3)=NC(SCc3ccccc3)N2)c(N=Nc2nc(N3CCCCC3)c(C=C(C(C)=O)C(=O)Nc3cccc(S(=O)(=O)O)c3)s2)cc1OC. The fourth-order valence-corrected chi connectivity index (χ4v) is 18.1. The number of benzene rings is 5. The number of ketones is 1. The van der Waals surface area contributed by atoms with Crippen LogP contribution in [0.4, 0.5) is 56.0 Å². The molecule has 7 aromatic rings. The molecular weight excluding hydrogens is 1510 g/mol. The number of thioether (sulfide) groups is 1. The number of carbonyl (C=O) groups is 4. The van der Waals surface area contributed by atoms with Crippen molar-refractivity contribution in [1.82, 2.24) is 19.8 Å². The number of amides is 3. The standard InChI is InChI=1S/C80H96N14O12S5/c1-10-14-28-54(11-2)61-43-65(66(48-68(61)105-8)89-90-79-86-73(93-37-20-16-21-38-93)70(108-79)45-60(52(7)95)75(96)81-55-29-24-31-57(41-55)110(99,100)101)83-72-36-34-51(6)63(84-78(85-72)107-49-53-26-18-15-19-27-53)35-33-50(5)59-44-67(92(12-3)13-4)69(106-9)47-64(59)88-91-80-87-74-71(109-80)46-62(77(98)94(74)39-22-17-23-40-94)76(97)82-56-30-25-32-58(42-56)111(102,103)104/h15,18-19,24-27,29-32,36,41-48,50-51,54,78,85H,10-14,16-17,20-23,28,33-35,37-40,49H2,1-9H3,(H4-,81,82,83,86,90,95,96,97,99,100,101,102,103,104)/p+1. The molecule has 588 valence electrons. The number of rotatable bonds is 32. The van der Waals surface area contributed by atoms with E-state index in [1.54, 1.807) is 26.0 Å². The summed E-state index contributed by atoms with van der Waals surface area (Å²) in [6.07, 6.45) is 16.2. The van der Waals surface area contributed by atoms with Gasteiger partial charge in [0.05, 0.1) is 64.6 Å². The highest BCUT2D eigenvalue weighted by Crippen LogP contribution is 2.48. The predicted octanol–water partition coefficient (Wildman–Crippen LogP) is 18.3. The Balaban J connectivity index is 0.899. The van der Waals surface area contributed by atoms with Crippen molar-refractivity contribution in [2.45, 2.75) is 165 Å². The summed E-state index contributed by atoms with van der Waals surface area (Å²) in [4.78, 5) is 76.3. The van der Waals surface area contributed by atoms with E-state index in [0.29, 0.717) is 112 Å². The Hall–Kier alpha value is -9.34. The first-order valence-corrected chi connectivity index (χ1v) is 43.3. The highest BCUT2D eigenvalue weighted by atomic mass is 32.2. The summed E-state index contributed by atoms with van der Waals surface area (Å²) in [6.45, 7) is 17.9. The predicted molar refractivity (Wildman–Crippen MR) is 443 cm³/mol. The molecule has 11 rings (SSSR count). The quantitative estimate of drug-likeness (QED) is 0.00570. The molecule has 1 spiro atoms. The second-order valence-corrected chi connectivity index (χ2v) is 34.0. The lowest BCUT2D eigenvalue weighted by Gasteiger charge is -2.38. The van der Waals surface area contributed by atoms with Gasteiger partial charge in [0.2, 0.25) is 10.3 Å². The number of piperidine rings is 2. The molecule has 2 saturated heterocycles. The minimum atomic E-state index is -4.58. The topological polar surface area (TPSA) is 338 Å². The summed E-state index contributed by atoms with van der Waals surface area (Å²) in [7, 11) is -5.86. The van der Waals surface area contributed by atoms with Crippen LogP contribution in [0, 0.1) is 5.92 Å². The third-order valence-electron chi connectivity index (χ3n) is 20.5. The second kappa shape index (κ2) is 37.3. The van der Waals surface area contributed by atoms with Gasteiger partial charge in [0, 0.05) is 61.2 Å². The molecule has 4 aliphatic heterocycles. The first kappa shape index (κ1) is 82.6. The van der Waals surface area contributed by atoms with Crippen LogP contribution in [0.3, 0.4) is 0 Å². The molecule has 6 heterocycles. The Morgan fingerprint density at radius 1 is 0.775 bits per heavy atom. The van der Waals surface area contributed by atoms with E-state index in [-0.39, 0.29) is 49.9 Å². The summed E-state index contributed by atoms with van der Waals surface area (Å²) < 4.78 is 79.5. The first-order valence-electron chi connectivity index (χ1n) is 37.7. The summed E-state index contributed by atoms with van der Waals surface area (Å²) in [5.41, 5.74) is 6.11. The fourth-order valence-electron chi connectivity index (χ4n) is 14.4. The van der Waals surface area contributed by atoms with Gasteiger partial charge < -0.3 is 40.5 Å². The molecule has 5 aromatic carbocycles. The van der Waals surface area contributed by atoms with Crippen LogP contribution in [0.2, 0.25) is 0 Å². The average molecular weight is 1610 g/mol. The van der Waals surface area contributed by atoms with Crippen molar-refractivity contribution in [3.63, 3.8) is 0 Å². The van der Waals surface area contributed by atoms with Gasteiger partial charge in [0.15, 0.2) is 11.3 Å². The Morgan fingerprint density at radius 2 is 1.42 bits per heavy atom. The van der Waals surface area contributed by atoms with Gasteiger partial charge in [-0.1, -0.05) is 106 Å². The van der Waals surface area contributed by atoms with Gasteiger partial charge in [0.1, 0.15) is 39.3 Å². The molecule has 2 fully saturated rings. The summed E-state index contributed by atoms with van der Waals surface area (Å²) >= 11 is 4.06. The molecule has 4 aliphatic rings. The molecule has 0 bridgehead atoms. The van der Waals surface area contributed by atoms with Crippen LogP contribution in [-0.4, -0.2) is 124 Å². The van der Waals surface area contributed by atoms with E-state index in [1.807, 2.05) is 30.3 Å². The number of nitrogens with one attached hydrogen (secondary N) is 4. The van der Waals surface area contributed by atoms with Gasteiger partial charge >= 0.3 is 5.91 Å². The number of quaternary nitrogens is 1. The zero-order valence-corrected chi connectivity index (χ0v) is 68.1. The highest BCUT2D eigenvalue weighted by molar-refractivity contribution is 7.99. The van der Waals surface area contributed by atoms with Gasteiger partial charge in [-0.15, -0.1) is 32.2 Å². The minimum Gasteiger partial charge on any atom is -0.496 e. The fraction of sp³-hybridized carbons (Fsp3) is 0.412. The molecule has 0 aliphatic carbocycles. The van der Waals surface area contributed by atoms with Crippen LogP contribution in [0.5, 0.6) is 11.5 Å². The van der Waals surface area contributed by atoms with Crippen molar-refractivity contribution < 1.29 is 54.6 Å². The summed E-state index contributed by atoms with van der Waals surface area (Å²) in [5, 5.41) is 33.0. The maximum atomic E-state index is 14.7. The molecule has 4 unspecified atom stereocenters. The number of unbranched alkanes of at least 4 members (excludes halogenated alkanes) is 1. The lowest BCUT2D eigenvalue weighted by Crippen LogP contribution is -2.60. The number of carbonyl (C=O) groups excluding carboxylic acids is 4. The number of azo groups is 2. The van der Waals surface area contributed by atoms with E-state index in [1.165, 1.54) is 78.1 Å². The van der Waals surface area contributed by atoms with Gasteiger partial charge in [0.25, 0.3) is 37.9 Å². The highest BCUT2D eigenvalue weighted by Gasteiger charge is 2.51. The van der Waals surface area contributed by atoms with Crippen LogP contribution >= 0.6 is 34.4 Å². The third kappa shape index (κ3) is 20.3. The van der Waals surface area contributed by atoms with Crippen LogP contribution in [-0.2, 0) is 45.2 Å². The molecule has 26 nitrogen and oxygen atoms in total. The number of fused-ring (bicyclic) bond motifs is 2. The lowest BCUT2D eigenvalue weighted by atomic mass is 9.89. The zero-order chi connectivity index (χ0) is 79.2. The molecule has 0 saturated carbocycles. The molecule has 3 amide bonds. The Kier molecular flexibility index (Phi) is 27.8. The Labute approximate surface area is 661 Å². The first-order chi connectivity index (χ1) is 53.3.